The number of methoxy groups -OCH3 is 1. The molecule has 0 heterocycles. The number of rotatable bonds is 3. The SMILES string of the molecule is COc1cc(C)c(N(C)C(=O)C=O)c(C)c1C. The normalized spacial score (nSPS) is 9.94. The zero-order valence-electron chi connectivity index (χ0n) is 10.8. The molecular formula is C13H17NO3. The summed E-state index contributed by atoms with van der Waals surface area (Å²) in [6.45, 7) is 5.73. The molecule has 1 aromatic rings. The van der Waals surface area contributed by atoms with E-state index in [1.807, 2.05) is 26.8 Å². The lowest BCUT2D eigenvalue weighted by atomic mass is 10.0. The van der Waals surface area contributed by atoms with Crippen molar-refractivity contribution in [2.75, 3.05) is 19.1 Å². The maximum Gasteiger partial charge on any atom is 0.290 e. The van der Waals surface area contributed by atoms with Gasteiger partial charge in [0.1, 0.15) is 5.75 Å². The van der Waals surface area contributed by atoms with Gasteiger partial charge in [0, 0.05) is 7.05 Å². The van der Waals surface area contributed by atoms with Crippen molar-refractivity contribution >= 4 is 17.9 Å². The van der Waals surface area contributed by atoms with Crippen LogP contribution in [0.15, 0.2) is 6.07 Å². The van der Waals surface area contributed by atoms with Gasteiger partial charge >= 0.3 is 0 Å². The van der Waals surface area contributed by atoms with Crippen LogP contribution in [0, 0.1) is 20.8 Å². The molecule has 0 aliphatic rings. The van der Waals surface area contributed by atoms with Gasteiger partial charge in [-0.2, -0.15) is 0 Å². The average Bonchev–Trinajstić information content (AvgIpc) is 2.32. The number of aryl methyl sites for hydroxylation is 1. The summed E-state index contributed by atoms with van der Waals surface area (Å²) in [6.07, 6.45) is 0.318. The van der Waals surface area contributed by atoms with Gasteiger partial charge in [-0.1, -0.05) is 0 Å². The molecule has 0 aliphatic carbocycles. The second-order valence-corrected chi connectivity index (χ2v) is 4.01. The average molecular weight is 235 g/mol. The van der Waals surface area contributed by atoms with Crippen molar-refractivity contribution in [2.24, 2.45) is 0 Å². The van der Waals surface area contributed by atoms with Crippen molar-refractivity contribution in [3.63, 3.8) is 0 Å². The van der Waals surface area contributed by atoms with Gasteiger partial charge in [-0.25, -0.2) is 0 Å². The van der Waals surface area contributed by atoms with Crippen LogP contribution in [-0.2, 0) is 9.59 Å². The summed E-state index contributed by atoms with van der Waals surface area (Å²) in [7, 11) is 3.21. The third-order valence-electron chi connectivity index (χ3n) is 3.00. The predicted octanol–water partition coefficient (Wildman–Crippen LogP) is 1.78. The number of amides is 1. The predicted molar refractivity (Wildman–Crippen MR) is 66.7 cm³/mol. The first kappa shape index (κ1) is 13.2. The van der Waals surface area contributed by atoms with Gasteiger partial charge in [-0.15, -0.1) is 0 Å². The Kier molecular flexibility index (Phi) is 3.89. The van der Waals surface area contributed by atoms with Crippen LogP contribution < -0.4 is 9.64 Å². The number of hydrogen-bond donors (Lipinski definition) is 0. The van der Waals surface area contributed by atoms with Crippen LogP contribution in [0.2, 0.25) is 0 Å². The van der Waals surface area contributed by atoms with E-state index in [2.05, 4.69) is 0 Å². The van der Waals surface area contributed by atoms with Crippen LogP contribution in [0.1, 0.15) is 16.7 Å². The Balaban J connectivity index is 3.40. The molecule has 0 unspecified atom stereocenters. The second-order valence-electron chi connectivity index (χ2n) is 4.01. The Morgan fingerprint density at radius 2 is 1.88 bits per heavy atom. The summed E-state index contributed by atoms with van der Waals surface area (Å²) < 4.78 is 5.26. The molecule has 1 amide bonds. The van der Waals surface area contributed by atoms with Crippen molar-refractivity contribution in [3.8, 4) is 5.75 Å². The fourth-order valence-electron chi connectivity index (χ4n) is 1.95. The minimum absolute atomic E-state index is 0.318. The molecule has 0 radical (unpaired) electrons. The number of ether oxygens (including phenoxy) is 1. The molecule has 0 fully saturated rings. The fourth-order valence-corrected chi connectivity index (χ4v) is 1.95. The summed E-state index contributed by atoms with van der Waals surface area (Å²) in [4.78, 5) is 23.3. The highest BCUT2D eigenvalue weighted by atomic mass is 16.5. The highest BCUT2D eigenvalue weighted by Crippen LogP contribution is 2.33. The second kappa shape index (κ2) is 4.99. The molecule has 4 nitrogen and oxygen atoms in total. The van der Waals surface area contributed by atoms with Crippen molar-refractivity contribution < 1.29 is 14.3 Å². The van der Waals surface area contributed by atoms with E-state index in [9.17, 15) is 9.59 Å². The molecule has 0 spiro atoms. The van der Waals surface area contributed by atoms with Gasteiger partial charge in [-0.05, 0) is 43.5 Å². The maximum atomic E-state index is 11.4. The molecule has 17 heavy (non-hydrogen) atoms. The molecule has 1 rings (SSSR count). The molecule has 4 heteroatoms. The van der Waals surface area contributed by atoms with Gasteiger partial charge in [0.15, 0.2) is 0 Å². The number of nitrogens with zero attached hydrogens (tertiary/aromatic N) is 1. The van der Waals surface area contributed by atoms with E-state index in [-0.39, 0.29) is 0 Å². The van der Waals surface area contributed by atoms with E-state index in [1.54, 1.807) is 14.2 Å². The van der Waals surface area contributed by atoms with E-state index < -0.39 is 5.91 Å². The largest absolute Gasteiger partial charge is 0.496 e. The Morgan fingerprint density at radius 3 is 2.35 bits per heavy atom. The van der Waals surface area contributed by atoms with Crippen LogP contribution in [-0.4, -0.2) is 26.4 Å². The molecule has 0 aliphatic heterocycles. The van der Waals surface area contributed by atoms with Gasteiger partial charge in [0.2, 0.25) is 6.29 Å². The quantitative estimate of drug-likeness (QED) is 0.592. The van der Waals surface area contributed by atoms with E-state index in [4.69, 9.17) is 4.74 Å². The molecular weight excluding hydrogens is 218 g/mol. The first-order valence-corrected chi connectivity index (χ1v) is 5.31. The Hall–Kier alpha value is -1.84. The van der Waals surface area contributed by atoms with Crippen LogP contribution in [0.5, 0.6) is 5.75 Å². The molecule has 0 aromatic heterocycles. The minimum Gasteiger partial charge on any atom is -0.496 e. The summed E-state index contributed by atoms with van der Waals surface area (Å²) >= 11 is 0. The zero-order valence-corrected chi connectivity index (χ0v) is 10.8. The highest BCUT2D eigenvalue weighted by molar-refractivity contribution is 6.30. The van der Waals surface area contributed by atoms with Gasteiger partial charge in [-0.3, -0.25) is 9.59 Å². The minimum atomic E-state index is -0.555. The van der Waals surface area contributed by atoms with Crippen molar-refractivity contribution in [1.82, 2.24) is 0 Å². The number of benzene rings is 1. The number of aldehydes is 1. The zero-order chi connectivity index (χ0) is 13.2. The number of carbonyl (C=O) groups excluding carboxylic acids is 2. The number of carbonyl (C=O) groups is 2. The summed E-state index contributed by atoms with van der Waals surface area (Å²) in [6, 6.07) is 1.87. The van der Waals surface area contributed by atoms with Gasteiger partial charge in [0.05, 0.1) is 12.8 Å². The standard InChI is InChI=1S/C13H17NO3/c1-8-6-11(17-5)9(2)10(3)13(8)14(4)12(16)7-15/h6-7H,1-5H3. The van der Waals surface area contributed by atoms with E-state index in [1.165, 1.54) is 4.90 Å². The topological polar surface area (TPSA) is 46.6 Å². The van der Waals surface area contributed by atoms with E-state index >= 15 is 0 Å². The van der Waals surface area contributed by atoms with Crippen molar-refractivity contribution in [2.45, 2.75) is 20.8 Å². The summed E-state index contributed by atoms with van der Waals surface area (Å²) in [5, 5.41) is 0. The summed E-state index contributed by atoms with van der Waals surface area (Å²) in [5.41, 5.74) is 3.58. The molecule has 0 saturated carbocycles. The smallest absolute Gasteiger partial charge is 0.290 e. The lowest BCUT2D eigenvalue weighted by Crippen LogP contribution is -2.28. The van der Waals surface area contributed by atoms with Gasteiger partial charge in [0.25, 0.3) is 5.91 Å². The van der Waals surface area contributed by atoms with Crippen LogP contribution >= 0.6 is 0 Å². The molecule has 0 saturated heterocycles. The first-order chi connectivity index (χ1) is 7.93. The molecule has 0 atom stereocenters. The third kappa shape index (κ3) is 2.30. The van der Waals surface area contributed by atoms with Crippen LogP contribution in [0.4, 0.5) is 5.69 Å². The number of hydrogen-bond acceptors (Lipinski definition) is 3. The molecule has 0 N–H and O–H groups in total. The Morgan fingerprint density at radius 1 is 1.29 bits per heavy atom. The third-order valence-corrected chi connectivity index (χ3v) is 3.00. The van der Waals surface area contributed by atoms with E-state index in [0.29, 0.717) is 6.29 Å². The number of anilines is 1. The molecule has 92 valence electrons. The fraction of sp³-hybridized carbons (Fsp3) is 0.385. The van der Waals surface area contributed by atoms with Crippen LogP contribution in [0.3, 0.4) is 0 Å². The monoisotopic (exact) mass is 235 g/mol. The van der Waals surface area contributed by atoms with E-state index in [0.717, 1.165) is 28.1 Å². The lowest BCUT2D eigenvalue weighted by Gasteiger charge is -2.22. The van der Waals surface area contributed by atoms with Gasteiger partial charge < -0.3 is 9.64 Å². The Bertz CT molecular complexity index is 466. The molecule has 0 bridgehead atoms. The molecule has 1 aromatic carbocycles. The van der Waals surface area contributed by atoms with Crippen molar-refractivity contribution in [3.05, 3.63) is 22.8 Å². The summed E-state index contributed by atoms with van der Waals surface area (Å²) in [5.74, 6) is 0.233. The maximum absolute atomic E-state index is 11.4. The van der Waals surface area contributed by atoms with Crippen LogP contribution in [0.25, 0.3) is 0 Å². The highest BCUT2D eigenvalue weighted by Gasteiger charge is 2.17. The number of likely N-dealkylation sites (N-methyl/N-ethyl adjacent to an activating group) is 1. The Labute approximate surface area is 101 Å². The first-order valence-electron chi connectivity index (χ1n) is 5.31. The van der Waals surface area contributed by atoms with Crippen molar-refractivity contribution in [1.29, 1.82) is 0 Å². The lowest BCUT2D eigenvalue weighted by molar-refractivity contribution is -0.129.